The Morgan fingerprint density at radius 1 is 1.21 bits per heavy atom. The smallest absolute Gasteiger partial charge is 0.133 e. The molecule has 2 aromatic rings. The number of imidazole rings is 1. The Kier molecular flexibility index (Phi) is 5.11. The van der Waals surface area contributed by atoms with Gasteiger partial charge in [0, 0.05) is 42.2 Å². The number of hydrogen-bond acceptors (Lipinski definition) is 6. The molecule has 0 amide bonds. The van der Waals surface area contributed by atoms with Gasteiger partial charge in [0.15, 0.2) is 0 Å². The number of nitrogens with two attached hydrogens (primary N) is 1. The minimum Gasteiger partial charge on any atom is -0.493 e. The molecule has 2 saturated heterocycles. The van der Waals surface area contributed by atoms with Crippen LogP contribution in [0.2, 0.25) is 0 Å². The van der Waals surface area contributed by atoms with Gasteiger partial charge in [0.1, 0.15) is 24.0 Å². The zero-order valence-electron chi connectivity index (χ0n) is 19.1. The second-order valence-corrected chi connectivity index (χ2v) is 10.0. The maximum atomic E-state index is 6.13. The highest BCUT2D eigenvalue weighted by molar-refractivity contribution is 6.01. The maximum absolute atomic E-state index is 6.13. The van der Waals surface area contributed by atoms with E-state index in [1.807, 2.05) is 18.5 Å². The zero-order valence-corrected chi connectivity index (χ0v) is 19.1. The van der Waals surface area contributed by atoms with Crippen molar-refractivity contribution in [3.63, 3.8) is 0 Å². The summed E-state index contributed by atoms with van der Waals surface area (Å²) in [5, 5.41) is 0. The lowest BCUT2D eigenvalue weighted by Gasteiger charge is -2.39. The SMILES string of the molecule is CC1(COc2ccc3c(c2)ncn3C2=NC3C(N4CCC(N)CC4)=CC=CC3C=C2)COC1. The summed E-state index contributed by atoms with van der Waals surface area (Å²) in [6, 6.07) is 6.51. The van der Waals surface area contributed by atoms with Crippen molar-refractivity contribution in [1.82, 2.24) is 14.5 Å². The molecule has 1 aliphatic carbocycles. The summed E-state index contributed by atoms with van der Waals surface area (Å²) in [5.74, 6) is 2.05. The van der Waals surface area contributed by atoms with Crippen LogP contribution in [0.25, 0.3) is 11.0 Å². The number of hydrogen-bond donors (Lipinski definition) is 1. The van der Waals surface area contributed by atoms with Crippen molar-refractivity contribution in [2.45, 2.75) is 31.8 Å². The molecule has 1 aromatic heterocycles. The van der Waals surface area contributed by atoms with E-state index < -0.39 is 0 Å². The van der Waals surface area contributed by atoms with Crippen LogP contribution in [0.4, 0.5) is 0 Å². The highest BCUT2D eigenvalue weighted by atomic mass is 16.5. The minimum absolute atomic E-state index is 0.0924. The van der Waals surface area contributed by atoms with E-state index in [-0.39, 0.29) is 17.4 Å². The standard InChI is InChI=1S/C26H31N5O2/c1-26(14-32-15-26)16-33-20-6-7-22-21(13-20)28-17-31(22)24-8-5-18-3-2-4-23(25(18)29-24)30-11-9-19(27)10-12-30/h2-8,13,17-19,25H,9-12,14-16,27H2,1H3. The molecular formula is C26H31N5O2. The summed E-state index contributed by atoms with van der Waals surface area (Å²) in [4.78, 5) is 12.3. The van der Waals surface area contributed by atoms with Crippen molar-refractivity contribution in [1.29, 1.82) is 0 Å². The number of aliphatic imine (C=N–C) groups is 1. The number of fused-ring (bicyclic) bond motifs is 2. The van der Waals surface area contributed by atoms with E-state index in [2.05, 4.69) is 57.8 Å². The van der Waals surface area contributed by atoms with Crippen LogP contribution in [-0.4, -0.2) is 65.3 Å². The predicted octanol–water partition coefficient (Wildman–Crippen LogP) is 3.13. The third-order valence-corrected chi connectivity index (χ3v) is 7.17. The number of likely N-dealkylation sites (tertiary alicyclic amines) is 1. The Morgan fingerprint density at radius 3 is 2.85 bits per heavy atom. The molecule has 2 unspecified atom stereocenters. The highest BCUT2D eigenvalue weighted by Gasteiger charge is 2.34. The first-order valence-electron chi connectivity index (χ1n) is 11.9. The lowest BCUT2D eigenvalue weighted by Crippen LogP contribution is -2.44. The maximum Gasteiger partial charge on any atom is 0.133 e. The number of piperidine rings is 1. The van der Waals surface area contributed by atoms with Crippen LogP contribution in [-0.2, 0) is 4.74 Å². The fourth-order valence-electron chi connectivity index (χ4n) is 5.04. The molecule has 0 radical (unpaired) electrons. The van der Waals surface area contributed by atoms with Gasteiger partial charge in [0.05, 0.1) is 30.9 Å². The lowest BCUT2D eigenvalue weighted by atomic mass is 9.89. The largest absolute Gasteiger partial charge is 0.493 e. The molecule has 0 spiro atoms. The first kappa shape index (κ1) is 20.7. The van der Waals surface area contributed by atoms with Gasteiger partial charge in [0.25, 0.3) is 0 Å². The second-order valence-electron chi connectivity index (χ2n) is 10.0. The van der Waals surface area contributed by atoms with Gasteiger partial charge in [0.2, 0.25) is 0 Å². The lowest BCUT2D eigenvalue weighted by molar-refractivity contribution is -0.120. The molecule has 7 nitrogen and oxygen atoms in total. The normalized spacial score (nSPS) is 26.5. The number of dihydropyridines is 1. The molecule has 2 N–H and O–H groups in total. The monoisotopic (exact) mass is 445 g/mol. The number of benzene rings is 1. The van der Waals surface area contributed by atoms with E-state index in [0.29, 0.717) is 12.6 Å². The highest BCUT2D eigenvalue weighted by Crippen LogP contribution is 2.32. The molecule has 172 valence electrons. The van der Waals surface area contributed by atoms with Crippen LogP contribution in [0, 0.1) is 11.3 Å². The summed E-state index contributed by atoms with van der Waals surface area (Å²) < 4.78 is 13.4. The minimum atomic E-state index is 0.0924. The Balaban J connectivity index is 1.24. The van der Waals surface area contributed by atoms with Gasteiger partial charge < -0.3 is 20.1 Å². The molecule has 4 aliphatic rings. The van der Waals surface area contributed by atoms with Crippen LogP contribution in [0.3, 0.4) is 0 Å². The van der Waals surface area contributed by atoms with Gasteiger partial charge in [-0.2, -0.15) is 0 Å². The quantitative estimate of drug-likeness (QED) is 0.782. The molecule has 7 heteroatoms. The molecule has 2 fully saturated rings. The van der Waals surface area contributed by atoms with Gasteiger partial charge in [-0.25, -0.2) is 4.98 Å². The molecule has 33 heavy (non-hydrogen) atoms. The molecule has 4 heterocycles. The first-order valence-corrected chi connectivity index (χ1v) is 11.9. The van der Waals surface area contributed by atoms with Gasteiger partial charge in [-0.05, 0) is 37.1 Å². The van der Waals surface area contributed by atoms with E-state index in [4.69, 9.17) is 20.2 Å². The fraction of sp³-hybridized carbons (Fsp3) is 0.462. The number of aromatic nitrogens is 2. The topological polar surface area (TPSA) is 77.9 Å². The van der Waals surface area contributed by atoms with Crippen molar-refractivity contribution in [3.8, 4) is 5.75 Å². The molecule has 0 bridgehead atoms. The number of ether oxygens (including phenoxy) is 2. The molecule has 3 aliphatic heterocycles. The van der Waals surface area contributed by atoms with Gasteiger partial charge >= 0.3 is 0 Å². The van der Waals surface area contributed by atoms with Crippen LogP contribution < -0.4 is 10.5 Å². The Hall–Kier alpha value is -2.90. The van der Waals surface area contributed by atoms with Gasteiger partial charge in [-0.15, -0.1) is 0 Å². The third kappa shape index (κ3) is 3.89. The summed E-state index contributed by atoms with van der Waals surface area (Å²) in [6.45, 7) is 6.36. The number of rotatable bonds is 4. The van der Waals surface area contributed by atoms with Crippen molar-refractivity contribution in [3.05, 3.63) is 60.6 Å². The zero-order chi connectivity index (χ0) is 22.4. The molecule has 0 saturated carbocycles. The van der Waals surface area contributed by atoms with Crippen molar-refractivity contribution < 1.29 is 9.47 Å². The van der Waals surface area contributed by atoms with Crippen LogP contribution in [0.1, 0.15) is 19.8 Å². The summed E-state index contributed by atoms with van der Waals surface area (Å²) in [5.41, 5.74) is 9.49. The molecule has 1 aromatic carbocycles. The number of allylic oxidation sites excluding steroid dienone is 3. The molecule has 6 rings (SSSR count). The average Bonchev–Trinajstić information content (AvgIpc) is 3.25. The summed E-state index contributed by atoms with van der Waals surface area (Å²) in [6.07, 6.45) is 14.9. The van der Waals surface area contributed by atoms with E-state index in [1.165, 1.54) is 5.70 Å². The fourth-order valence-corrected chi connectivity index (χ4v) is 5.04. The number of nitrogens with zero attached hydrogens (tertiary/aromatic N) is 4. The average molecular weight is 446 g/mol. The van der Waals surface area contributed by atoms with Crippen molar-refractivity contribution >= 4 is 16.9 Å². The van der Waals surface area contributed by atoms with E-state index in [9.17, 15) is 0 Å². The predicted molar refractivity (Wildman–Crippen MR) is 129 cm³/mol. The third-order valence-electron chi connectivity index (χ3n) is 7.17. The van der Waals surface area contributed by atoms with Gasteiger partial charge in [-0.1, -0.05) is 25.2 Å². The van der Waals surface area contributed by atoms with Gasteiger partial charge in [-0.3, -0.25) is 9.56 Å². The van der Waals surface area contributed by atoms with Crippen LogP contribution in [0.15, 0.2) is 65.6 Å². The van der Waals surface area contributed by atoms with Crippen LogP contribution in [0.5, 0.6) is 5.75 Å². The van der Waals surface area contributed by atoms with Crippen molar-refractivity contribution in [2.75, 3.05) is 32.9 Å². The second kappa shape index (κ2) is 8.15. The Labute approximate surface area is 194 Å². The molecule has 2 atom stereocenters. The van der Waals surface area contributed by atoms with E-state index in [0.717, 1.165) is 61.8 Å². The Bertz CT molecular complexity index is 1160. The van der Waals surface area contributed by atoms with E-state index in [1.54, 1.807) is 0 Å². The van der Waals surface area contributed by atoms with E-state index >= 15 is 0 Å². The molecular weight excluding hydrogens is 414 g/mol. The first-order chi connectivity index (χ1) is 16.1. The summed E-state index contributed by atoms with van der Waals surface area (Å²) >= 11 is 0. The van der Waals surface area contributed by atoms with Crippen LogP contribution >= 0.6 is 0 Å². The Morgan fingerprint density at radius 2 is 2.06 bits per heavy atom. The summed E-state index contributed by atoms with van der Waals surface area (Å²) in [7, 11) is 0. The van der Waals surface area contributed by atoms with Crippen molar-refractivity contribution in [2.24, 2.45) is 22.1 Å².